The maximum atomic E-state index is 10.0. The molecule has 3 rings (SSSR count). The number of benzene rings is 1. The molecule has 6 nitrogen and oxygen atoms in total. The van der Waals surface area contributed by atoms with Crippen LogP contribution in [0.3, 0.4) is 0 Å². The fourth-order valence-electron chi connectivity index (χ4n) is 2.44. The molecule has 0 bridgehead atoms. The summed E-state index contributed by atoms with van der Waals surface area (Å²) in [5, 5.41) is 19.5. The predicted octanol–water partition coefficient (Wildman–Crippen LogP) is 2.56. The monoisotopic (exact) mass is 358 g/mol. The van der Waals surface area contributed by atoms with E-state index in [1.165, 1.54) is 11.2 Å². The fourth-order valence-corrected chi connectivity index (χ4v) is 3.08. The first kappa shape index (κ1) is 17.8. The lowest BCUT2D eigenvalue weighted by molar-refractivity contribution is 0.0288. The van der Waals surface area contributed by atoms with Crippen LogP contribution >= 0.6 is 11.3 Å². The van der Waals surface area contributed by atoms with Gasteiger partial charge in [0.2, 0.25) is 0 Å². The standard InChI is InChI=1S/C18H22N4O2S/c1-14(15-4-6-16(7-5-15)22-13-19-12-21-22)20-9-17(23)10-24-11-18-3-2-8-25-18/h2-8,12-14,17,20,23H,9-11H2,1H3/t14-,17+/m1/s1. The van der Waals surface area contributed by atoms with E-state index in [-0.39, 0.29) is 6.04 Å². The van der Waals surface area contributed by atoms with Gasteiger partial charge in [0, 0.05) is 17.5 Å². The van der Waals surface area contributed by atoms with E-state index in [4.69, 9.17) is 4.74 Å². The van der Waals surface area contributed by atoms with Gasteiger partial charge in [-0.25, -0.2) is 9.67 Å². The highest BCUT2D eigenvalue weighted by molar-refractivity contribution is 7.09. The zero-order valence-electron chi connectivity index (χ0n) is 14.1. The topological polar surface area (TPSA) is 72.2 Å². The minimum atomic E-state index is -0.531. The van der Waals surface area contributed by atoms with E-state index in [2.05, 4.69) is 22.3 Å². The van der Waals surface area contributed by atoms with Crippen LogP contribution in [-0.4, -0.2) is 39.1 Å². The van der Waals surface area contributed by atoms with Gasteiger partial charge in [-0.2, -0.15) is 5.10 Å². The second-order valence-corrected chi connectivity index (χ2v) is 6.84. The van der Waals surface area contributed by atoms with Crippen LogP contribution in [0.5, 0.6) is 0 Å². The average Bonchev–Trinajstić information content (AvgIpc) is 3.33. The molecule has 2 aromatic heterocycles. The molecule has 0 aliphatic rings. The summed E-state index contributed by atoms with van der Waals surface area (Å²) in [6.45, 7) is 3.43. The van der Waals surface area contributed by atoms with Crippen molar-refractivity contribution in [1.29, 1.82) is 0 Å². The van der Waals surface area contributed by atoms with Crippen molar-refractivity contribution in [2.75, 3.05) is 13.2 Å². The van der Waals surface area contributed by atoms with E-state index in [9.17, 15) is 5.11 Å². The smallest absolute Gasteiger partial charge is 0.138 e. The normalized spacial score (nSPS) is 13.7. The highest BCUT2D eigenvalue weighted by Gasteiger charge is 2.10. The number of nitrogens with zero attached hydrogens (tertiary/aromatic N) is 3. The molecule has 0 amide bonds. The van der Waals surface area contributed by atoms with Gasteiger partial charge in [-0.1, -0.05) is 18.2 Å². The van der Waals surface area contributed by atoms with Crippen LogP contribution in [0.2, 0.25) is 0 Å². The van der Waals surface area contributed by atoms with Gasteiger partial charge in [-0.05, 0) is 36.1 Å². The van der Waals surface area contributed by atoms with Gasteiger partial charge in [0.15, 0.2) is 0 Å². The Balaban J connectivity index is 1.41. The first-order valence-corrected chi connectivity index (χ1v) is 9.07. The van der Waals surface area contributed by atoms with Crippen LogP contribution in [0.25, 0.3) is 5.69 Å². The van der Waals surface area contributed by atoms with Gasteiger partial charge < -0.3 is 15.2 Å². The highest BCUT2D eigenvalue weighted by Crippen LogP contribution is 2.15. The maximum Gasteiger partial charge on any atom is 0.138 e. The summed E-state index contributed by atoms with van der Waals surface area (Å²) in [6, 6.07) is 12.3. The maximum absolute atomic E-state index is 10.0. The summed E-state index contributed by atoms with van der Waals surface area (Å²) < 4.78 is 7.26. The number of hydrogen-bond donors (Lipinski definition) is 2. The number of ether oxygens (including phenoxy) is 1. The quantitative estimate of drug-likeness (QED) is 0.615. The lowest BCUT2D eigenvalue weighted by atomic mass is 10.1. The molecule has 0 unspecified atom stereocenters. The van der Waals surface area contributed by atoms with E-state index in [0.717, 1.165) is 11.3 Å². The SMILES string of the molecule is C[C@@H](NC[C@H](O)COCc1cccs1)c1ccc(-n2cncn2)cc1. The Morgan fingerprint density at radius 3 is 2.80 bits per heavy atom. The molecule has 0 fully saturated rings. The molecular weight excluding hydrogens is 336 g/mol. The summed E-state index contributed by atoms with van der Waals surface area (Å²) >= 11 is 1.66. The molecule has 1 aromatic carbocycles. The summed E-state index contributed by atoms with van der Waals surface area (Å²) in [4.78, 5) is 5.11. The van der Waals surface area contributed by atoms with Gasteiger partial charge in [-0.3, -0.25) is 0 Å². The predicted molar refractivity (Wildman–Crippen MR) is 97.8 cm³/mol. The summed E-state index contributed by atoms with van der Waals surface area (Å²) in [5.41, 5.74) is 2.12. The zero-order valence-corrected chi connectivity index (χ0v) is 14.9. The fraction of sp³-hybridized carbons (Fsp3) is 0.333. The molecule has 2 atom stereocenters. The molecule has 2 N–H and O–H groups in total. The van der Waals surface area contributed by atoms with Crippen molar-refractivity contribution in [1.82, 2.24) is 20.1 Å². The molecule has 0 saturated heterocycles. The third-order valence-corrected chi connectivity index (χ3v) is 4.72. The largest absolute Gasteiger partial charge is 0.389 e. The van der Waals surface area contributed by atoms with E-state index in [1.807, 2.05) is 41.8 Å². The second kappa shape index (κ2) is 8.87. The van der Waals surface area contributed by atoms with E-state index in [1.54, 1.807) is 22.3 Å². The van der Waals surface area contributed by atoms with Crippen LogP contribution < -0.4 is 5.32 Å². The van der Waals surface area contributed by atoms with Crippen LogP contribution in [0.4, 0.5) is 0 Å². The molecule has 2 heterocycles. The molecule has 0 radical (unpaired) electrons. The highest BCUT2D eigenvalue weighted by atomic mass is 32.1. The molecule has 132 valence electrons. The minimum absolute atomic E-state index is 0.136. The van der Waals surface area contributed by atoms with Gasteiger partial charge >= 0.3 is 0 Å². The Bertz CT molecular complexity index is 729. The Morgan fingerprint density at radius 2 is 2.12 bits per heavy atom. The van der Waals surface area contributed by atoms with Crippen molar-refractivity contribution in [2.24, 2.45) is 0 Å². The molecular formula is C18H22N4O2S. The van der Waals surface area contributed by atoms with E-state index in [0.29, 0.717) is 19.8 Å². The van der Waals surface area contributed by atoms with Crippen molar-refractivity contribution >= 4 is 11.3 Å². The molecule has 0 saturated carbocycles. The number of aliphatic hydroxyl groups is 1. The minimum Gasteiger partial charge on any atom is -0.389 e. The van der Waals surface area contributed by atoms with Crippen LogP contribution in [0.15, 0.2) is 54.4 Å². The van der Waals surface area contributed by atoms with E-state index >= 15 is 0 Å². The van der Waals surface area contributed by atoms with Gasteiger partial charge in [0.25, 0.3) is 0 Å². The number of aliphatic hydroxyl groups excluding tert-OH is 1. The number of thiophene rings is 1. The summed E-state index contributed by atoms with van der Waals surface area (Å²) in [7, 11) is 0. The summed E-state index contributed by atoms with van der Waals surface area (Å²) in [6.07, 6.45) is 2.65. The summed E-state index contributed by atoms with van der Waals surface area (Å²) in [5.74, 6) is 0. The van der Waals surface area contributed by atoms with Gasteiger partial charge in [0.1, 0.15) is 12.7 Å². The lowest BCUT2D eigenvalue weighted by Gasteiger charge is -2.18. The van der Waals surface area contributed by atoms with E-state index < -0.39 is 6.10 Å². The Hall–Kier alpha value is -2.06. The van der Waals surface area contributed by atoms with Gasteiger partial charge in [0.05, 0.1) is 25.0 Å². The first-order chi connectivity index (χ1) is 12.2. The van der Waals surface area contributed by atoms with Gasteiger partial charge in [-0.15, -0.1) is 11.3 Å². The Labute approximate surface area is 151 Å². The van der Waals surface area contributed by atoms with Crippen molar-refractivity contribution in [2.45, 2.75) is 25.7 Å². The van der Waals surface area contributed by atoms with Crippen molar-refractivity contribution in [3.63, 3.8) is 0 Å². The third-order valence-electron chi connectivity index (χ3n) is 3.87. The molecule has 7 heteroatoms. The number of rotatable bonds is 9. The van der Waals surface area contributed by atoms with Crippen molar-refractivity contribution in [3.8, 4) is 5.69 Å². The molecule has 25 heavy (non-hydrogen) atoms. The number of nitrogens with one attached hydrogen (secondary N) is 1. The Morgan fingerprint density at radius 1 is 1.28 bits per heavy atom. The van der Waals surface area contributed by atoms with Crippen molar-refractivity contribution < 1.29 is 9.84 Å². The first-order valence-electron chi connectivity index (χ1n) is 8.19. The molecule has 3 aromatic rings. The third kappa shape index (κ3) is 5.20. The number of aromatic nitrogens is 3. The van der Waals surface area contributed by atoms with Crippen LogP contribution in [0.1, 0.15) is 23.4 Å². The second-order valence-electron chi connectivity index (χ2n) is 5.81. The average molecular weight is 358 g/mol. The number of hydrogen-bond acceptors (Lipinski definition) is 6. The van der Waals surface area contributed by atoms with Crippen LogP contribution in [-0.2, 0) is 11.3 Å². The zero-order chi connectivity index (χ0) is 17.5. The molecule has 0 aliphatic carbocycles. The van der Waals surface area contributed by atoms with Crippen molar-refractivity contribution in [3.05, 3.63) is 64.9 Å². The lowest BCUT2D eigenvalue weighted by Crippen LogP contribution is -2.32. The van der Waals surface area contributed by atoms with Crippen LogP contribution in [0, 0.1) is 0 Å². The molecule has 0 spiro atoms. The Kier molecular flexibility index (Phi) is 6.30. The molecule has 0 aliphatic heterocycles.